The van der Waals surface area contributed by atoms with Crippen molar-refractivity contribution in [2.75, 3.05) is 18.5 Å². The normalized spacial score (nSPS) is 10.4. The molecule has 0 aliphatic heterocycles. The number of hydrogen-bond donors (Lipinski definition) is 3. The van der Waals surface area contributed by atoms with Gasteiger partial charge in [-0.1, -0.05) is 12.1 Å². The summed E-state index contributed by atoms with van der Waals surface area (Å²) >= 11 is 0. The van der Waals surface area contributed by atoms with Crippen molar-refractivity contribution in [3.05, 3.63) is 41.6 Å². The molecule has 8 nitrogen and oxygen atoms in total. The first-order valence-corrected chi connectivity index (χ1v) is 7.12. The number of aliphatic carboxylic acids is 1. The van der Waals surface area contributed by atoms with Crippen LogP contribution in [0.4, 0.5) is 5.69 Å². The number of anilines is 1. The Kier molecular flexibility index (Phi) is 7.51. The van der Waals surface area contributed by atoms with Crippen LogP contribution < -0.4 is 10.6 Å². The number of para-hydroxylation sites is 1. The van der Waals surface area contributed by atoms with Crippen LogP contribution in [0.25, 0.3) is 0 Å². The number of carbonyl (C=O) groups is 3. The van der Waals surface area contributed by atoms with Crippen LogP contribution in [0.1, 0.15) is 23.7 Å². The summed E-state index contributed by atoms with van der Waals surface area (Å²) < 4.78 is 4.93. The highest BCUT2D eigenvalue weighted by Crippen LogP contribution is 2.16. The van der Waals surface area contributed by atoms with E-state index in [9.17, 15) is 14.4 Å². The Bertz CT molecular complexity index is 691. The number of rotatable bonds is 8. The second-order valence-electron chi connectivity index (χ2n) is 4.48. The van der Waals surface area contributed by atoms with Crippen molar-refractivity contribution in [3.8, 4) is 6.07 Å². The monoisotopic (exact) mass is 331 g/mol. The molecule has 0 radical (unpaired) electrons. The average molecular weight is 331 g/mol. The van der Waals surface area contributed by atoms with Gasteiger partial charge in [0, 0.05) is 12.7 Å². The zero-order valence-electron chi connectivity index (χ0n) is 13.0. The smallest absolute Gasteiger partial charge is 0.340 e. The number of ether oxygens (including phenoxy) is 1. The predicted molar refractivity (Wildman–Crippen MR) is 85.0 cm³/mol. The van der Waals surface area contributed by atoms with Crippen molar-refractivity contribution < 1.29 is 24.2 Å². The number of hydrogen-bond acceptors (Lipinski definition) is 6. The molecule has 1 amide bonds. The van der Waals surface area contributed by atoms with Gasteiger partial charge in [-0.25, -0.2) is 4.79 Å². The third-order valence-corrected chi connectivity index (χ3v) is 2.78. The lowest BCUT2D eigenvalue weighted by Crippen LogP contribution is -2.27. The maximum absolute atomic E-state index is 11.8. The molecule has 1 aromatic rings. The molecule has 1 aromatic carbocycles. The number of nitriles is 1. The fourth-order valence-electron chi connectivity index (χ4n) is 1.67. The third kappa shape index (κ3) is 5.81. The molecule has 0 atom stereocenters. The van der Waals surface area contributed by atoms with Gasteiger partial charge in [-0.3, -0.25) is 9.59 Å². The molecule has 0 bridgehead atoms. The highest BCUT2D eigenvalue weighted by molar-refractivity contribution is 5.99. The molecule has 0 saturated heterocycles. The summed E-state index contributed by atoms with van der Waals surface area (Å²) in [5.74, 6) is -2.29. The number of benzene rings is 1. The van der Waals surface area contributed by atoms with Crippen LogP contribution in [0.5, 0.6) is 0 Å². The number of nitrogens with zero attached hydrogens (tertiary/aromatic N) is 1. The van der Waals surface area contributed by atoms with E-state index in [2.05, 4.69) is 10.6 Å². The van der Waals surface area contributed by atoms with Crippen LogP contribution in [-0.2, 0) is 14.3 Å². The lowest BCUT2D eigenvalue weighted by atomic mass is 10.2. The number of carboxylic acids is 1. The Morgan fingerprint density at radius 1 is 1.33 bits per heavy atom. The van der Waals surface area contributed by atoms with E-state index in [-0.39, 0.29) is 30.7 Å². The Hall–Kier alpha value is -3.34. The van der Waals surface area contributed by atoms with Crippen molar-refractivity contribution in [3.63, 3.8) is 0 Å². The van der Waals surface area contributed by atoms with E-state index < -0.39 is 17.8 Å². The number of amides is 1. The standard InChI is InChI=1S/C16H17N3O5/c1-2-24-16(23)12-5-3-4-6-13(12)19-10-11(9-17)15(22)18-8-7-14(20)21/h3-6,10,19H,2,7-8H2,1H3,(H,18,22)(H,20,21)/b11-10-. The van der Waals surface area contributed by atoms with Gasteiger partial charge in [0.25, 0.3) is 5.91 Å². The van der Waals surface area contributed by atoms with Gasteiger partial charge in [0.05, 0.1) is 24.3 Å². The lowest BCUT2D eigenvalue weighted by molar-refractivity contribution is -0.136. The van der Waals surface area contributed by atoms with Gasteiger partial charge in [-0.2, -0.15) is 5.26 Å². The summed E-state index contributed by atoms with van der Waals surface area (Å²) in [6.45, 7) is 1.81. The largest absolute Gasteiger partial charge is 0.481 e. The van der Waals surface area contributed by atoms with Gasteiger partial charge in [-0.05, 0) is 19.1 Å². The van der Waals surface area contributed by atoms with Crippen LogP contribution in [0, 0.1) is 11.3 Å². The maximum Gasteiger partial charge on any atom is 0.340 e. The van der Waals surface area contributed by atoms with Crippen molar-refractivity contribution in [1.29, 1.82) is 5.26 Å². The van der Waals surface area contributed by atoms with E-state index in [4.69, 9.17) is 15.1 Å². The summed E-state index contributed by atoms with van der Waals surface area (Å²) in [4.78, 5) is 34.0. The Balaban J connectivity index is 2.82. The average Bonchev–Trinajstić information content (AvgIpc) is 2.55. The van der Waals surface area contributed by atoms with Crippen molar-refractivity contribution in [2.24, 2.45) is 0 Å². The molecule has 24 heavy (non-hydrogen) atoms. The highest BCUT2D eigenvalue weighted by Gasteiger charge is 2.13. The second kappa shape index (κ2) is 9.63. The quantitative estimate of drug-likeness (QED) is 0.372. The van der Waals surface area contributed by atoms with E-state index in [1.807, 2.05) is 0 Å². The molecule has 126 valence electrons. The Morgan fingerprint density at radius 3 is 2.67 bits per heavy atom. The first-order valence-electron chi connectivity index (χ1n) is 7.12. The van der Waals surface area contributed by atoms with Crippen LogP contribution in [0.3, 0.4) is 0 Å². The van der Waals surface area contributed by atoms with Gasteiger partial charge in [0.1, 0.15) is 11.6 Å². The van der Waals surface area contributed by atoms with Crippen molar-refractivity contribution in [2.45, 2.75) is 13.3 Å². The van der Waals surface area contributed by atoms with Gasteiger partial charge in [-0.15, -0.1) is 0 Å². The zero-order chi connectivity index (χ0) is 17.9. The van der Waals surface area contributed by atoms with E-state index in [1.54, 1.807) is 37.3 Å². The lowest BCUT2D eigenvalue weighted by Gasteiger charge is -2.09. The molecular weight excluding hydrogens is 314 g/mol. The van der Waals surface area contributed by atoms with Gasteiger partial charge in [0.2, 0.25) is 0 Å². The molecule has 0 heterocycles. The van der Waals surface area contributed by atoms with Crippen LogP contribution >= 0.6 is 0 Å². The fraction of sp³-hybridized carbons (Fsp3) is 0.250. The van der Waals surface area contributed by atoms with Gasteiger partial charge >= 0.3 is 11.9 Å². The Morgan fingerprint density at radius 2 is 2.04 bits per heavy atom. The second-order valence-corrected chi connectivity index (χ2v) is 4.48. The first-order chi connectivity index (χ1) is 11.5. The predicted octanol–water partition coefficient (Wildman–Crippen LogP) is 1.27. The summed E-state index contributed by atoms with van der Waals surface area (Å²) in [6.07, 6.45) is 0.901. The van der Waals surface area contributed by atoms with E-state index >= 15 is 0 Å². The van der Waals surface area contributed by atoms with Gasteiger partial charge < -0.3 is 20.5 Å². The SMILES string of the molecule is CCOC(=O)c1ccccc1N/C=C(/C#N)C(=O)NCCC(=O)O. The molecule has 0 aliphatic rings. The minimum atomic E-state index is -1.06. The van der Waals surface area contributed by atoms with Gasteiger partial charge in [0.15, 0.2) is 0 Å². The Labute approximate surface area is 138 Å². The molecule has 8 heteroatoms. The number of carbonyl (C=O) groups excluding carboxylic acids is 2. The minimum absolute atomic E-state index is 0.0907. The van der Waals surface area contributed by atoms with Crippen molar-refractivity contribution >= 4 is 23.5 Å². The van der Waals surface area contributed by atoms with Crippen LogP contribution in [0.15, 0.2) is 36.0 Å². The number of nitrogens with one attached hydrogen (secondary N) is 2. The topological polar surface area (TPSA) is 129 Å². The van der Waals surface area contributed by atoms with Crippen LogP contribution in [-0.4, -0.2) is 36.1 Å². The molecule has 3 N–H and O–H groups in total. The number of esters is 1. The fourth-order valence-corrected chi connectivity index (χ4v) is 1.67. The first kappa shape index (κ1) is 18.7. The molecule has 0 fully saturated rings. The van der Waals surface area contributed by atoms with E-state index in [0.717, 1.165) is 6.20 Å². The molecule has 0 aliphatic carbocycles. The summed E-state index contributed by atoms with van der Waals surface area (Å²) in [5, 5.41) is 22.6. The maximum atomic E-state index is 11.8. The summed E-state index contributed by atoms with van der Waals surface area (Å²) in [6, 6.07) is 8.19. The number of carboxylic acid groups (broad SMARTS) is 1. The molecule has 0 spiro atoms. The van der Waals surface area contributed by atoms with Crippen molar-refractivity contribution in [1.82, 2.24) is 5.32 Å². The molecule has 1 rings (SSSR count). The summed E-state index contributed by atoms with van der Waals surface area (Å²) in [5.41, 5.74) is 0.389. The zero-order valence-corrected chi connectivity index (χ0v) is 13.0. The molecule has 0 aromatic heterocycles. The highest BCUT2D eigenvalue weighted by atomic mass is 16.5. The van der Waals surface area contributed by atoms with Crippen LogP contribution in [0.2, 0.25) is 0 Å². The summed E-state index contributed by atoms with van der Waals surface area (Å²) in [7, 11) is 0. The molecule has 0 saturated carbocycles. The minimum Gasteiger partial charge on any atom is -0.481 e. The molecular formula is C16H17N3O5. The molecule has 0 unspecified atom stereocenters. The van der Waals surface area contributed by atoms with E-state index in [0.29, 0.717) is 5.69 Å². The van der Waals surface area contributed by atoms with E-state index in [1.165, 1.54) is 0 Å². The third-order valence-electron chi connectivity index (χ3n) is 2.78.